The second-order valence-corrected chi connectivity index (χ2v) is 5.95. The highest BCUT2D eigenvalue weighted by molar-refractivity contribution is 5.95. The Morgan fingerprint density at radius 2 is 2.13 bits per heavy atom. The minimum atomic E-state index is -1.19. The molecule has 1 aromatic carbocycles. The molecule has 1 atom stereocenters. The van der Waals surface area contributed by atoms with Gasteiger partial charge in [0.1, 0.15) is 5.75 Å². The van der Waals surface area contributed by atoms with Gasteiger partial charge in [0.15, 0.2) is 11.6 Å². The quantitative estimate of drug-likeness (QED) is 0.894. The average Bonchev–Trinajstić information content (AvgIpc) is 3.13. The Morgan fingerprint density at radius 1 is 1.39 bits per heavy atom. The Balaban J connectivity index is 1.68. The van der Waals surface area contributed by atoms with Gasteiger partial charge in [0.05, 0.1) is 11.9 Å². The third-order valence-electron chi connectivity index (χ3n) is 3.89. The first kappa shape index (κ1) is 15.1. The van der Waals surface area contributed by atoms with Crippen LogP contribution in [0.2, 0.25) is 0 Å². The second kappa shape index (κ2) is 5.42. The van der Waals surface area contributed by atoms with E-state index in [2.05, 4.69) is 10.4 Å². The number of carbonyl (C=O) groups excluding carboxylic acids is 1. The third kappa shape index (κ3) is 2.77. The predicted octanol–water partition coefficient (Wildman–Crippen LogP) is 1.64. The van der Waals surface area contributed by atoms with Gasteiger partial charge in [-0.05, 0) is 25.5 Å². The van der Waals surface area contributed by atoms with E-state index >= 15 is 0 Å². The molecule has 1 amide bonds. The number of hydrogen-bond donors (Lipinski definition) is 2. The Bertz CT molecular complexity index is 741. The van der Waals surface area contributed by atoms with Crippen LogP contribution in [0.25, 0.3) is 0 Å². The molecular formula is C16H17N3O4. The molecule has 2 N–H and O–H groups in total. The van der Waals surface area contributed by atoms with Gasteiger partial charge in [-0.1, -0.05) is 18.2 Å². The Hall–Kier alpha value is -2.83. The van der Waals surface area contributed by atoms with E-state index in [4.69, 9.17) is 4.74 Å². The van der Waals surface area contributed by atoms with Gasteiger partial charge < -0.3 is 15.2 Å². The summed E-state index contributed by atoms with van der Waals surface area (Å²) in [5.74, 6) is -0.572. The molecule has 3 rings (SSSR count). The summed E-state index contributed by atoms with van der Waals surface area (Å²) in [6.45, 7) is 3.06. The molecule has 0 bridgehead atoms. The van der Waals surface area contributed by atoms with Gasteiger partial charge in [-0.15, -0.1) is 0 Å². The van der Waals surface area contributed by atoms with E-state index in [1.807, 2.05) is 24.3 Å². The molecule has 7 nitrogen and oxygen atoms in total. The molecule has 7 heteroatoms. The SMILES string of the molecule is CC(C)(C(=O)O)n1cc(NC(=O)C2Cc3ccccc3O2)cn1. The highest BCUT2D eigenvalue weighted by Crippen LogP contribution is 2.28. The summed E-state index contributed by atoms with van der Waals surface area (Å²) in [5.41, 5.74) is 0.238. The topological polar surface area (TPSA) is 93.5 Å². The van der Waals surface area contributed by atoms with Crippen LogP contribution in [-0.4, -0.2) is 32.9 Å². The number of nitrogens with one attached hydrogen (secondary N) is 1. The van der Waals surface area contributed by atoms with Gasteiger partial charge in [-0.25, -0.2) is 4.79 Å². The Labute approximate surface area is 132 Å². The van der Waals surface area contributed by atoms with E-state index < -0.39 is 17.6 Å². The molecule has 0 saturated carbocycles. The van der Waals surface area contributed by atoms with Crippen LogP contribution in [0.3, 0.4) is 0 Å². The molecule has 0 spiro atoms. The first-order chi connectivity index (χ1) is 10.9. The molecule has 1 aromatic heterocycles. The summed E-state index contributed by atoms with van der Waals surface area (Å²) < 4.78 is 6.92. The largest absolute Gasteiger partial charge is 0.480 e. The van der Waals surface area contributed by atoms with Crippen molar-refractivity contribution < 1.29 is 19.4 Å². The highest BCUT2D eigenvalue weighted by Gasteiger charge is 2.32. The maximum absolute atomic E-state index is 12.3. The van der Waals surface area contributed by atoms with E-state index in [0.717, 1.165) is 11.3 Å². The van der Waals surface area contributed by atoms with Gasteiger partial charge in [-0.2, -0.15) is 5.10 Å². The number of aliphatic carboxylic acids is 1. The summed E-state index contributed by atoms with van der Waals surface area (Å²) in [6, 6.07) is 7.52. The fourth-order valence-electron chi connectivity index (χ4n) is 2.34. The van der Waals surface area contributed by atoms with Crippen molar-refractivity contribution in [2.45, 2.75) is 31.9 Å². The lowest BCUT2D eigenvalue weighted by Crippen LogP contribution is -2.36. The monoisotopic (exact) mass is 315 g/mol. The number of amides is 1. The Kier molecular flexibility index (Phi) is 3.55. The van der Waals surface area contributed by atoms with Crippen LogP contribution in [0.5, 0.6) is 5.75 Å². The first-order valence-electron chi connectivity index (χ1n) is 7.22. The number of anilines is 1. The molecule has 2 aromatic rings. The number of hydrogen-bond acceptors (Lipinski definition) is 4. The van der Waals surface area contributed by atoms with Gasteiger partial charge >= 0.3 is 5.97 Å². The fourth-order valence-corrected chi connectivity index (χ4v) is 2.34. The summed E-state index contributed by atoms with van der Waals surface area (Å²) in [5, 5.41) is 15.9. The fraction of sp³-hybridized carbons (Fsp3) is 0.312. The molecule has 23 heavy (non-hydrogen) atoms. The van der Waals surface area contributed by atoms with Crippen LogP contribution in [0.15, 0.2) is 36.7 Å². The summed E-state index contributed by atoms with van der Waals surface area (Å²) in [4.78, 5) is 23.5. The van der Waals surface area contributed by atoms with Crippen LogP contribution >= 0.6 is 0 Å². The van der Waals surface area contributed by atoms with Crippen molar-refractivity contribution in [2.75, 3.05) is 5.32 Å². The minimum Gasteiger partial charge on any atom is -0.480 e. The smallest absolute Gasteiger partial charge is 0.331 e. The normalized spacial score (nSPS) is 16.5. The standard InChI is InChI=1S/C16H17N3O4/c1-16(2,15(21)22)19-9-11(8-17-19)18-14(20)13-7-10-5-3-4-6-12(10)23-13/h3-6,8-9,13H,7H2,1-2H3,(H,18,20)(H,21,22). The maximum Gasteiger partial charge on any atom is 0.331 e. The van der Waals surface area contributed by atoms with E-state index in [0.29, 0.717) is 12.1 Å². The van der Waals surface area contributed by atoms with Crippen molar-refractivity contribution in [1.82, 2.24) is 9.78 Å². The van der Waals surface area contributed by atoms with E-state index in [1.54, 1.807) is 0 Å². The number of carboxylic acids is 1. The molecule has 2 heterocycles. The number of fused-ring (bicyclic) bond motifs is 1. The molecule has 0 saturated heterocycles. The predicted molar refractivity (Wildman–Crippen MR) is 82.4 cm³/mol. The van der Waals surface area contributed by atoms with Crippen molar-refractivity contribution in [2.24, 2.45) is 0 Å². The van der Waals surface area contributed by atoms with Crippen molar-refractivity contribution >= 4 is 17.6 Å². The zero-order chi connectivity index (χ0) is 16.6. The summed E-state index contributed by atoms with van der Waals surface area (Å²) >= 11 is 0. The van der Waals surface area contributed by atoms with Gasteiger partial charge in [0.25, 0.3) is 5.91 Å². The maximum atomic E-state index is 12.3. The molecule has 1 unspecified atom stereocenters. The number of benzene rings is 1. The van der Waals surface area contributed by atoms with Crippen LogP contribution in [-0.2, 0) is 21.5 Å². The van der Waals surface area contributed by atoms with Crippen molar-refractivity contribution in [3.05, 3.63) is 42.2 Å². The summed E-state index contributed by atoms with van der Waals surface area (Å²) in [6.07, 6.45) is 2.83. The number of aromatic nitrogens is 2. The van der Waals surface area contributed by atoms with E-state index in [-0.39, 0.29) is 5.91 Å². The summed E-state index contributed by atoms with van der Waals surface area (Å²) in [7, 11) is 0. The van der Waals surface area contributed by atoms with Crippen LogP contribution in [0.4, 0.5) is 5.69 Å². The number of ether oxygens (including phenoxy) is 1. The van der Waals surface area contributed by atoms with Crippen LogP contribution in [0.1, 0.15) is 19.4 Å². The third-order valence-corrected chi connectivity index (χ3v) is 3.89. The molecule has 1 aliphatic heterocycles. The molecular weight excluding hydrogens is 298 g/mol. The zero-order valence-corrected chi connectivity index (χ0v) is 12.8. The number of rotatable bonds is 4. The lowest BCUT2D eigenvalue weighted by molar-refractivity contribution is -0.146. The molecule has 1 aliphatic rings. The highest BCUT2D eigenvalue weighted by atomic mass is 16.5. The molecule has 120 valence electrons. The van der Waals surface area contributed by atoms with Crippen molar-refractivity contribution in [1.29, 1.82) is 0 Å². The van der Waals surface area contributed by atoms with Crippen molar-refractivity contribution in [3.63, 3.8) is 0 Å². The second-order valence-electron chi connectivity index (χ2n) is 5.95. The van der Waals surface area contributed by atoms with Crippen LogP contribution < -0.4 is 10.1 Å². The van der Waals surface area contributed by atoms with Gasteiger partial charge in [0.2, 0.25) is 0 Å². The van der Waals surface area contributed by atoms with Crippen molar-refractivity contribution in [3.8, 4) is 5.75 Å². The lowest BCUT2D eigenvalue weighted by Gasteiger charge is -2.19. The number of para-hydroxylation sites is 1. The van der Waals surface area contributed by atoms with Gasteiger partial charge in [-0.3, -0.25) is 9.48 Å². The molecule has 0 aliphatic carbocycles. The number of carbonyl (C=O) groups is 2. The van der Waals surface area contributed by atoms with E-state index in [1.165, 1.54) is 30.9 Å². The van der Waals surface area contributed by atoms with Crippen LogP contribution in [0, 0.1) is 0 Å². The molecule has 0 fully saturated rings. The minimum absolute atomic E-state index is 0.283. The zero-order valence-electron chi connectivity index (χ0n) is 12.8. The Morgan fingerprint density at radius 3 is 2.83 bits per heavy atom. The first-order valence-corrected chi connectivity index (χ1v) is 7.22. The average molecular weight is 315 g/mol. The number of nitrogens with zero attached hydrogens (tertiary/aromatic N) is 2. The van der Waals surface area contributed by atoms with Gasteiger partial charge in [0, 0.05) is 12.6 Å². The number of carboxylic acid groups (broad SMARTS) is 1. The molecule has 0 radical (unpaired) electrons. The van der Waals surface area contributed by atoms with E-state index in [9.17, 15) is 14.7 Å². The lowest BCUT2D eigenvalue weighted by atomic mass is 10.1.